The minimum atomic E-state index is -1.59. The van der Waals surface area contributed by atoms with E-state index in [1.807, 2.05) is 0 Å². The van der Waals surface area contributed by atoms with Crippen molar-refractivity contribution in [2.75, 3.05) is 4.90 Å². The first kappa shape index (κ1) is 19.2. The number of thiazole rings is 1. The molecular formula is C19H13F3N2O4S. The summed E-state index contributed by atoms with van der Waals surface area (Å²) in [5.74, 6) is -5.73. The number of ether oxygens (including phenoxy) is 1. The fraction of sp³-hybridized carbons (Fsp3) is 0.211. The van der Waals surface area contributed by atoms with Crippen LogP contribution in [0.2, 0.25) is 0 Å². The van der Waals surface area contributed by atoms with Gasteiger partial charge in [0.15, 0.2) is 23.6 Å². The number of para-hydroxylation sites is 1. The lowest BCUT2D eigenvalue weighted by atomic mass is 10.1. The summed E-state index contributed by atoms with van der Waals surface area (Å²) < 4.78 is 46.4. The molecule has 0 bridgehead atoms. The molecule has 2 heterocycles. The number of aliphatic carboxylic acids is 1. The number of amides is 1. The van der Waals surface area contributed by atoms with Crippen LogP contribution < -0.4 is 9.64 Å². The topological polar surface area (TPSA) is 79.7 Å². The second-order valence-corrected chi connectivity index (χ2v) is 7.58. The highest BCUT2D eigenvalue weighted by Gasteiger charge is 2.37. The zero-order chi connectivity index (χ0) is 20.9. The third-order valence-electron chi connectivity index (χ3n) is 4.50. The Kier molecular flexibility index (Phi) is 4.65. The zero-order valence-electron chi connectivity index (χ0n) is 14.9. The van der Waals surface area contributed by atoms with Crippen molar-refractivity contribution in [2.24, 2.45) is 0 Å². The smallest absolute Gasteiger partial charge is 0.307 e. The second kappa shape index (κ2) is 7.03. The van der Waals surface area contributed by atoms with Crippen LogP contribution in [0.4, 0.5) is 18.9 Å². The average molecular weight is 422 g/mol. The van der Waals surface area contributed by atoms with E-state index in [0.717, 1.165) is 17.4 Å². The van der Waals surface area contributed by atoms with Crippen LogP contribution in [0.15, 0.2) is 24.3 Å². The molecule has 1 aromatic heterocycles. The Morgan fingerprint density at radius 3 is 2.79 bits per heavy atom. The molecule has 0 spiro atoms. The maximum Gasteiger partial charge on any atom is 0.307 e. The number of carboxylic acids is 1. The summed E-state index contributed by atoms with van der Waals surface area (Å²) in [6.45, 7) is 1.63. The van der Waals surface area contributed by atoms with E-state index in [2.05, 4.69) is 4.98 Å². The number of aromatic nitrogens is 1. The average Bonchev–Trinajstić information content (AvgIpc) is 3.05. The van der Waals surface area contributed by atoms with Gasteiger partial charge in [0.25, 0.3) is 5.91 Å². The molecule has 0 saturated carbocycles. The number of nitrogens with zero attached hydrogens (tertiary/aromatic N) is 2. The summed E-state index contributed by atoms with van der Waals surface area (Å²) in [6.07, 6.45) is -1.77. The van der Waals surface area contributed by atoms with Gasteiger partial charge in [0.1, 0.15) is 10.8 Å². The molecule has 29 heavy (non-hydrogen) atoms. The molecule has 2 aromatic carbocycles. The zero-order valence-corrected chi connectivity index (χ0v) is 15.7. The molecule has 1 aliphatic heterocycles. The van der Waals surface area contributed by atoms with E-state index in [-0.39, 0.29) is 21.8 Å². The summed E-state index contributed by atoms with van der Waals surface area (Å²) in [4.78, 5) is 29.4. The third kappa shape index (κ3) is 3.29. The Bertz CT molecular complexity index is 1160. The maximum atomic E-state index is 14.0. The third-order valence-corrected chi connectivity index (χ3v) is 5.55. The molecule has 1 unspecified atom stereocenters. The van der Waals surface area contributed by atoms with Crippen LogP contribution in [0.1, 0.15) is 17.0 Å². The Morgan fingerprint density at radius 2 is 2.07 bits per heavy atom. The van der Waals surface area contributed by atoms with Crippen molar-refractivity contribution < 1.29 is 32.6 Å². The summed E-state index contributed by atoms with van der Waals surface area (Å²) in [5, 5.41) is 9.30. The number of anilines is 1. The number of rotatable bonds is 4. The molecule has 1 aliphatic rings. The van der Waals surface area contributed by atoms with Crippen LogP contribution in [0, 0.1) is 24.4 Å². The summed E-state index contributed by atoms with van der Waals surface area (Å²) in [7, 11) is 0. The van der Waals surface area contributed by atoms with E-state index in [4.69, 9.17) is 9.84 Å². The largest absolute Gasteiger partial charge is 0.481 e. The van der Waals surface area contributed by atoms with E-state index in [1.54, 1.807) is 25.1 Å². The molecule has 1 amide bonds. The summed E-state index contributed by atoms with van der Waals surface area (Å²) in [5.41, 5.74) is 1.08. The van der Waals surface area contributed by atoms with Gasteiger partial charge >= 0.3 is 5.97 Å². The number of benzene rings is 2. The van der Waals surface area contributed by atoms with Gasteiger partial charge in [0, 0.05) is 6.07 Å². The van der Waals surface area contributed by atoms with E-state index in [0.29, 0.717) is 17.0 Å². The van der Waals surface area contributed by atoms with Gasteiger partial charge in [-0.1, -0.05) is 12.1 Å². The van der Waals surface area contributed by atoms with Gasteiger partial charge in [-0.15, -0.1) is 11.3 Å². The lowest BCUT2D eigenvalue weighted by Gasteiger charge is -2.34. The molecule has 1 atom stereocenters. The Labute approximate surface area is 166 Å². The number of hydrogen-bond acceptors (Lipinski definition) is 5. The second-order valence-electron chi connectivity index (χ2n) is 6.49. The Hall–Kier alpha value is -3.14. The SMILES string of the molecule is Cc1cccc2c1N(Cc1nc3cc(F)c(F)c(F)c3s1)C(=O)C(CC(=O)O)O2. The first-order valence-electron chi connectivity index (χ1n) is 8.48. The first-order valence-corrected chi connectivity index (χ1v) is 9.30. The van der Waals surface area contributed by atoms with Crippen molar-refractivity contribution in [1.82, 2.24) is 4.98 Å². The van der Waals surface area contributed by atoms with Gasteiger partial charge in [-0.05, 0) is 18.6 Å². The molecule has 6 nitrogen and oxygen atoms in total. The Morgan fingerprint density at radius 1 is 1.31 bits per heavy atom. The highest BCUT2D eigenvalue weighted by molar-refractivity contribution is 7.18. The molecule has 0 fully saturated rings. The number of carbonyl (C=O) groups is 2. The minimum absolute atomic E-state index is 0.0609. The first-order chi connectivity index (χ1) is 13.8. The lowest BCUT2D eigenvalue weighted by molar-refractivity contribution is -0.142. The van der Waals surface area contributed by atoms with Crippen molar-refractivity contribution in [2.45, 2.75) is 26.0 Å². The van der Waals surface area contributed by atoms with Crippen LogP contribution in [0.3, 0.4) is 0 Å². The minimum Gasteiger partial charge on any atom is -0.481 e. The van der Waals surface area contributed by atoms with Crippen LogP contribution in [-0.4, -0.2) is 28.1 Å². The fourth-order valence-corrected chi connectivity index (χ4v) is 4.19. The predicted molar refractivity (Wildman–Crippen MR) is 98.5 cm³/mol. The van der Waals surface area contributed by atoms with Crippen molar-refractivity contribution in [3.63, 3.8) is 0 Å². The molecular weight excluding hydrogens is 409 g/mol. The number of carbonyl (C=O) groups excluding carboxylic acids is 1. The van der Waals surface area contributed by atoms with Gasteiger partial charge in [-0.25, -0.2) is 18.2 Å². The van der Waals surface area contributed by atoms with Crippen LogP contribution in [-0.2, 0) is 16.1 Å². The number of aryl methyl sites for hydroxylation is 1. The molecule has 10 heteroatoms. The fourth-order valence-electron chi connectivity index (χ4n) is 3.23. The van der Waals surface area contributed by atoms with Gasteiger partial charge in [0.2, 0.25) is 0 Å². The monoisotopic (exact) mass is 422 g/mol. The van der Waals surface area contributed by atoms with Crippen molar-refractivity contribution in [1.29, 1.82) is 0 Å². The van der Waals surface area contributed by atoms with Gasteiger partial charge in [-0.2, -0.15) is 0 Å². The summed E-state index contributed by atoms with van der Waals surface area (Å²) >= 11 is 0.794. The van der Waals surface area contributed by atoms with Crippen LogP contribution in [0.25, 0.3) is 10.2 Å². The predicted octanol–water partition coefficient (Wildman–Crippen LogP) is 3.79. The molecule has 3 aromatic rings. The Balaban J connectivity index is 1.77. The van der Waals surface area contributed by atoms with Gasteiger partial charge < -0.3 is 9.84 Å². The summed E-state index contributed by atoms with van der Waals surface area (Å²) in [6, 6.07) is 5.86. The lowest BCUT2D eigenvalue weighted by Crippen LogP contribution is -2.46. The highest BCUT2D eigenvalue weighted by Crippen LogP contribution is 2.39. The standard InChI is InChI=1S/C19H13F3N2O4S/c1-8-3-2-4-11-17(8)24(19(27)12(28-11)6-14(25)26)7-13-23-10-5-9(20)15(21)16(22)18(10)29-13/h2-5,12H,6-7H2,1H3,(H,25,26). The van der Waals surface area contributed by atoms with Crippen molar-refractivity contribution >= 4 is 39.1 Å². The van der Waals surface area contributed by atoms with Crippen LogP contribution in [0.5, 0.6) is 5.75 Å². The molecule has 150 valence electrons. The molecule has 0 radical (unpaired) electrons. The number of carboxylic acid groups (broad SMARTS) is 1. The maximum absolute atomic E-state index is 14.0. The van der Waals surface area contributed by atoms with E-state index < -0.39 is 41.9 Å². The molecule has 1 N–H and O–H groups in total. The number of fused-ring (bicyclic) bond motifs is 2. The van der Waals surface area contributed by atoms with E-state index in [1.165, 1.54) is 4.90 Å². The van der Waals surface area contributed by atoms with E-state index in [9.17, 15) is 22.8 Å². The van der Waals surface area contributed by atoms with Crippen molar-refractivity contribution in [3.8, 4) is 5.75 Å². The van der Waals surface area contributed by atoms with Crippen LogP contribution >= 0.6 is 11.3 Å². The normalized spacial score (nSPS) is 16.1. The van der Waals surface area contributed by atoms with Gasteiger partial charge in [0.05, 0.1) is 28.9 Å². The quantitative estimate of drug-likeness (QED) is 0.647. The number of hydrogen-bond donors (Lipinski definition) is 1. The molecule has 0 aliphatic carbocycles. The highest BCUT2D eigenvalue weighted by atomic mass is 32.1. The van der Waals surface area contributed by atoms with Gasteiger partial charge in [-0.3, -0.25) is 14.5 Å². The van der Waals surface area contributed by atoms with E-state index >= 15 is 0 Å². The molecule has 4 rings (SSSR count). The number of halogens is 3. The van der Waals surface area contributed by atoms with Crippen molar-refractivity contribution in [3.05, 3.63) is 52.3 Å². The molecule has 0 saturated heterocycles.